The summed E-state index contributed by atoms with van der Waals surface area (Å²) in [6, 6.07) is 10.5. The average Bonchev–Trinajstić information content (AvgIpc) is 3.30. The van der Waals surface area contributed by atoms with E-state index in [0.717, 1.165) is 36.9 Å². The number of ether oxygens (including phenoxy) is 2. The Balaban J connectivity index is 1.62. The Kier molecular flexibility index (Phi) is 7.00. The summed E-state index contributed by atoms with van der Waals surface area (Å²) in [4.78, 5) is 22.5. The summed E-state index contributed by atoms with van der Waals surface area (Å²) in [7, 11) is 1.41. The molecule has 10 nitrogen and oxygen atoms in total. The zero-order chi connectivity index (χ0) is 27.7. The molecule has 1 amide bonds. The number of nitrogen functional groups attached to an aromatic ring is 1. The predicted molar refractivity (Wildman–Crippen MR) is 139 cm³/mol. The Morgan fingerprint density at radius 1 is 1.10 bits per heavy atom. The summed E-state index contributed by atoms with van der Waals surface area (Å²) < 4.78 is 50.9. The number of hydrogen-bond donors (Lipinski definition) is 2. The molecule has 0 saturated carbocycles. The minimum Gasteiger partial charge on any atom is -0.495 e. The molecule has 2 aromatic heterocycles. The topological polar surface area (TPSA) is 120 Å². The van der Waals surface area contributed by atoms with Crippen LogP contribution >= 0.6 is 0 Å². The molecule has 0 aliphatic carbocycles. The molecule has 0 radical (unpaired) electrons. The van der Waals surface area contributed by atoms with Gasteiger partial charge in [0, 0.05) is 12.5 Å². The third kappa shape index (κ3) is 5.17. The Labute approximate surface area is 221 Å². The zero-order valence-electron chi connectivity index (χ0n) is 21.2. The van der Waals surface area contributed by atoms with E-state index in [1.54, 1.807) is 18.2 Å². The lowest BCUT2D eigenvalue weighted by Crippen LogP contribution is -2.30. The standard InChI is InChI=1S/C26H26F3N7O3/c1-15(37)35(18-5-3-4-6-20(18)39-26(27,28)29)19-8-7-16(13-21(19)38-2)23-22-24(30)32-14-33-25(22)36(34-23)17-9-11-31-12-10-17/h3-8,13-14,17,31H,9-12H2,1-2H3,(H2,30,32,33). The summed E-state index contributed by atoms with van der Waals surface area (Å²) in [6.07, 6.45) is -1.80. The molecular formula is C26H26F3N7O3. The van der Waals surface area contributed by atoms with Crippen molar-refractivity contribution in [1.82, 2.24) is 25.1 Å². The molecule has 3 heterocycles. The number of nitrogens with zero attached hydrogens (tertiary/aromatic N) is 5. The molecule has 0 bridgehead atoms. The number of nitrogens with two attached hydrogens (primary N) is 1. The van der Waals surface area contributed by atoms with E-state index >= 15 is 0 Å². The number of fused-ring (bicyclic) bond motifs is 1. The molecule has 1 aliphatic rings. The van der Waals surface area contributed by atoms with E-state index in [-0.39, 0.29) is 29.0 Å². The Bertz CT molecular complexity index is 1520. The molecule has 5 rings (SSSR count). The van der Waals surface area contributed by atoms with Gasteiger partial charge in [0.05, 0.1) is 29.9 Å². The molecule has 3 N–H and O–H groups in total. The van der Waals surface area contributed by atoms with Crippen molar-refractivity contribution < 1.29 is 27.4 Å². The van der Waals surface area contributed by atoms with Crippen LogP contribution in [-0.4, -0.2) is 52.2 Å². The van der Waals surface area contributed by atoms with Crippen LogP contribution in [0, 0.1) is 0 Å². The molecule has 1 aliphatic heterocycles. The van der Waals surface area contributed by atoms with Crippen LogP contribution in [0.5, 0.6) is 11.5 Å². The fourth-order valence-corrected chi connectivity index (χ4v) is 4.83. The molecule has 2 aromatic carbocycles. The van der Waals surface area contributed by atoms with Crippen LogP contribution in [0.4, 0.5) is 30.4 Å². The van der Waals surface area contributed by atoms with Crippen molar-refractivity contribution in [1.29, 1.82) is 0 Å². The third-order valence-electron chi connectivity index (χ3n) is 6.51. The maximum absolute atomic E-state index is 13.1. The second-order valence-corrected chi connectivity index (χ2v) is 8.99. The molecule has 0 unspecified atom stereocenters. The lowest BCUT2D eigenvalue weighted by Gasteiger charge is -2.26. The minimum absolute atomic E-state index is 0.0911. The molecule has 39 heavy (non-hydrogen) atoms. The summed E-state index contributed by atoms with van der Waals surface area (Å²) >= 11 is 0. The highest BCUT2D eigenvalue weighted by molar-refractivity contribution is 6.03. The van der Waals surface area contributed by atoms with Crippen molar-refractivity contribution in [2.24, 2.45) is 0 Å². The van der Waals surface area contributed by atoms with Gasteiger partial charge in [-0.15, -0.1) is 13.2 Å². The summed E-state index contributed by atoms with van der Waals surface area (Å²) in [5.41, 5.74) is 8.14. The van der Waals surface area contributed by atoms with Gasteiger partial charge < -0.3 is 20.5 Å². The van der Waals surface area contributed by atoms with E-state index in [4.69, 9.17) is 15.6 Å². The Morgan fingerprint density at radius 3 is 2.51 bits per heavy atom. The molecule has 0 spiro atoms. The van der Waals surface area contributed by atoms with Gasteiger partial charge in [-0.25, -0.2) is 14.6 Å². The lowest BCUT2D eigenvalue weighted by atomic mass is 10.1. The number of amides is 1. The highest BCUT2D eigenvalue weighted by Gasteiger charge is 2.34. The van der Waals surface area contributed by atoms with Crippen molar-refractivity contribution in [2.45, 2.75) is 32.2 Å². The number of aromatic nitrogens is 4. The monoisotopic (exact) mass is 541 g/mol. The quantitative estimate of drug-likeness (QED) is 0.364. The van der Waals surface area contributed by atoms with Crippen LogP contribution in [0.2, 0.25) is 0 Å². The first-order valence-electron chi connectivity index (χ1n) is 12.2. The normalized spacial score (nSPS) is 14.4. The van der Waals surface area contributed by atoms with Crippen LogP contribution in [0.1, 0.15) is 25.8 Å². The molecule has 1 saturated heterocycles. The molecule has 1 fully saturated rings. The van der Waals surface area contributed by atoms with Gasteiger partial charge >= 0.3 is 6.36 Å². The Hall–Kier alpha value is -4.39. The number of nitrogens with one attached hydrogen (secondary N) is 1. The number of rotatable bonds is 6. The van der Waals surface area contributed by atoms with Crippen molar-refractivity contribution in [3.05, 3.63) is 48.8 Å². The van der Waals surface area contributed by atoms with Gasteiger partial charge in [-0.05, 0) is 50.2 Å². The van der Waals surface area contributed by atoms with E-state index in [9.17, 15) is 18.0 Å². The number of anilines is 3. The number of carbonyl (C=O) groups is 1. The highest BCUT2D eigenvalue weighted by Crippen LogP contribution is 2.43. The van der Waals surface area contributed by atoms with Gasteiger partial charge in [0.15, 0.2) is 11.4 Å². The molecule has 204 valence electrons. The smallest absolute Gasteiger partial charge is 0.495 e. The number of alkyl halides is 3. The summed E-state index contributed by atoms with van der Waals surface area (Å²) in [5.74, 6) is -0.577. The maximum atomic E-state index is 13.1. The van der Waals surface area contributed by atoms with Crippen LogP contribution in [0.3, 0.4) is 0 Å². The predicted octanol–water partition coefficient (Wildman–Crippen LogP) is 4.59. The highest BCUT2D eigenvalue weighted by atomic mass is 19.4. The lowest BCUT2D eigenvalue weighted by molar-refractivity contribution is -0.274. The van der Waals surface area contributed by atoms with E-state index in [0.29, 0.717) is 22.3 Å². The number of halogens is 3. The van der Waals surface area contributed by atoms with Gasteiger partial charge in [-0.2, -0.15) is 5.10 Å². The second-order valence-electron chi connectivity index (χ2n) is 8.99. The maximum Gasteiger partial charge on any atom is 0.573 e. The molecule has 4 aromatic rings. The molecule has 0 atom stereocenters. The van der Waals surface area contributed by atoms with Crippen molar-refractivity contribution >= 4 is 34.1 Å². The van der Waals surface area contributed by atoms with E-state index in [1.807, 2.05) is 4.68 Å². The van der Waals surface area contributed by atoms with Crippen LogP contribution in [0.25, 0.3) is 22.3 Å². The van der Waals surface area contributed by atoms with Crippen molar-refractivity contribution in [3.63, 3.8) is 0 Å². The van der Waals surface area contributed by atoms with Gasteiger partial charge in [0.25, 0.3) is 0 Å². The summed E-state index contributed by atoms with van der Waals surface area (Å²) in [5, 5.41) is 8.78. The summed E-state index contributed by atoms with van der Waals surface area (Å²) in [6.45, 7) is 2.94. The van der Waals surface area contributed by atoms with Crippen molar-refractivity contribution in [3.8, 4) is 22.8 Å². The van der Waals surface area contributed by atoms with E-state index in [1.165, 1.54) is 38.6 Å². The van der Waals surface area contributed by atoms with Gasteiger partial charge in [-0.1, -0.05) is 18.2 Å². The van der Waals surface area contributed by atoms with Crippen LogP contribution in [0.15, 0.2) is 48.8 Å². The first-order chi connectivity index (χ1) is 18.7. The minimum atomic E-state index is -4.94. The van der Waals surface area contributed by atoms with Gasteiger partial charge in [0.1, 0.15) is 23.6 Å². The number of benzene rings is 2. The molecular weight excluding hydrogens is 515 g/mol. The number of piperidine rings is 1. The largest absolute Gasteiger partial charge is 0.573 e. The first kappa shape index (κ1) is 26.2. The van der Waals surface area contributed by atoms with Gasteiger partial charge in [-0.3, -0.25) is 9.69 Å². The van der Waals surface area contributed by atoms with E-state index < -0.39 is 18.0 Å². The van der Waals surface area contributed by atoms with Crippen LogP contribution in [-0.2, 0) is 4.79 Å². The average molecular weight is 542 g/mol. The van der Waals surface area contributed by atoms with E-state index in [2.05, 4.69) is 20.0 Å². The van der Waals surface area contributed by atoms with Gasteiger partial charge in [0.2, 0.25) is 5.91 Å². The fraction of sp³-hybridized carbons (Fsp3) is 0.308. The fourth-order valence-electron chi connectivity index (χ4n) is 4.83. The number of carbonyl (C=O) groups excluding carboxylic acids is 1. The first-order valence-corrected chi connectivity index (χ1v) is 12.2. The zero-order valence-corrected chi connectivity index (χ0v) is 21.2. The number of methoxy groups -OCH3 is 1. The van der Waals surface area contributed by atoms with Crippen molar-refractivity contribution in [2.75, 3.05) is 30.8 Å². The second kappa shape index (κ2) is 10.4. The third-order valence-corrected chi connectivity index (χ3v) is 6.51. The molecule has 13 heteroatoms. The van der Waals surface area contributed by atoms with Crippen LogP contribution < -0.4 is 25.4 Å². The number of hydrogen-bond acceptors (Lipinski definition) is 8. The SMILES string of the molecule is COc1cc(-c2nn(C3CCNCC3)c3ncnc(N)c23)ccc1N(C(C)=O)c1ccccc1OC(F)(F)F. The Morgan fingerprint density at radius 2 is 1.82 bits per heavy atom. The number of para-hydroxylation sites is 2.